The predicted octanol–water partition coefficient (Wildman–Crippen LogP) is 3.41. The first-order valence-corrected chi connectivity index (χ1v) is 8.48. The molecule has 2 aromatic carbocycles. The van der Waals surface area contributed by atoms with Gasteiger partial charge in [0.2, 0.25) is 0 Å². The van der Waals surface area contributed by atoms with Gasteiger partial charge >= 0.3 is 0 Å². The van der Waals surface area contributed by atoms with Gasteiger partial charge in [0.25, 0.3) is 0 Å². The zero-order valence-corrected chi connectivity index (χ0v) is 14.3. The lowest BCUT2D eigenvalue weighted by Gasteiger charge is -2.31. The van der Waals surface area contributed by atoms with Gasteiger partial charge in [-0.25, -0.2) is 0 Å². The van der Waals surface area contributed by atoms with E-state index in [2.05, 4.69) is 27.9 Å². The standard InChI is InChI=1S/C19H22ClN3O/c20-17-8-6-15(7-9-17)12-23-11-10-19(16(13-23)14-24)22-21-18-4-2-1-3-5-18/h1-9,21-22,24H,10-14H2. The first-order valence-electron chi connectivity index (χ1n) is 8.10. The average molecular weight is 344 g/mol. The molecule has 0 atom stereocenters. The Balaban J connectivity index is 1.60. The maximum absolute atomic E-state index is 9.71. The van der Waals surface area contributed by atoms with Crippen LogP contribution in [0.2, 0.25) is 5.02 Å². The Morgan fingerprint density at radius 2 is 1.75 bits per heavy atom. The molecule has 24 heavy (non-hydrogen) atoms. The summed E-state index contributed by atoms with van der Waals surface area (Å²) in [6.45, 7) is 2.64. The molecular formula is C19H22ClN3O. The van der Waals surface area contributed by atoms with Crippen LogP contribution in [0.4, 0.5) is 5.69 Å². The molecule has 0 aromatic heterocycles. The molecule has 1 aliphatic heterocycles. The van der Waals surface area contributed by atoms with E-state index in [4.69, 9.17) is 11.6 Å². The second-order valence-corrected chi connectivity index (χ2v) is 6.38. The molecule has 0 fully saturated rings. The highest BCUT2D eigenvalue weighted by atomic mass is 35.5. The number of anilines is 1. The van der Waals surface area contributed by atoms with Crippen molar-refractivity contribution in [3.63, 3.8) is 0 Å². The number of aliphatic hydroxyl groups excluding tert-OH is 1. The number of aliphatic hydroxyl groups is 1. The Bertz CT molecular complexity index is 686. The second-order valence-electron chi connectivity index (χ2n) is 5.94. The molecule has 1 heterocycles. The minimum atomic E-state index is 0.0654. The topological polar surface area (TPSA) is 47.5 Å². The summed E-state index contributed by atoms with van der Waals surface area (Å²) in [4.78, 5) is 2.34. The Morgan fingerprint density at radius 1 is 1.00 bits per heavy atom. The highest BCUT2D eigenvalue weighted by Gasteiger charge is 2.18. The van der Waals surface area contributed by atoms with E-state index in [1.54, 1.807) is 0 Å². The number of nitrogens with one attached hydrogen (secondary N) is 2. The van der Waals surface area contributed by atoms with Crippen LogP contribution < -0.4 is 10.9 Å². The fourth-order valence-electron chi connectivity index (χ4n) is 2.84. The van der Waals surface area contributed by atoms with Gasteiger partial charge in [-0.15, -0.1) is 0 Å². The lowest BCUT2D eigenvalue weighted by Crippen LogP contribution is -2.37. The Kier molecular flexibility index (Phi) is 5.75. The third-order valence-electron chi connectivity index (χ3n) is 4.16. The summed E-state index contributed by atoms with van der Waals surface area (Å²) in [6, 6.07) is 17.9. The number of nitrogens with zero attached hydrogens (tertiary/aromatic N) is 1. The van der Waals surface area contributed by atoms with E-state index in [0.717, 1.165) is 48.0 Å². The van der Waals surface area contributed by atoms with E-state index in [1.807, 2.05) is 42.5 Å². The van der Waals surface area contributed by atoms with Gasteiger partial charge in [-0.2, -0.15) is 0 Å². The van der Waals surface area contributed by atoms with E-state index >= 15 is 0 Å². The van der Waals surface area contributed by atoms with Crippen LogP contribution >= 0.6 is 11.6 Å². The molecule has 3 rings (SSSR count). The zero-order valence-electron chi connectivity index (χ0n) is 13.5. The number of hydrazine groups is 1. The molecule has 2 aromatic rings. The maximum atomic E-state index is 9.71. The summed E-state index contributed by atoms with van der Waals surface area (Å²) >= 11 is 5.94. The average Bonchev–Trinajstić information content (AvgIpc) is 2.63. The third kappa shape index (κ3) is 4.51. The number of hydrogen-bond donors (Lipinski definition) is 3. The number of rotatable bonds is 6. The first-order chi connectivity index (χ1) is 11.7. The SMILES string of the molecule is OCC1=C(NNc2ccccc2)CCN(Cc2ccc(Cl)cc2)C1. The highest BCUT2D eigenvalue weighted by molar-refractivity contribution is 6.30. The van der Waals surface area contributed by atoms with Gasteiger partial charge in [-0.1, -0.05) is 41.9 Å². The maximum Gasteiger partial charge on any atom is 0.0674 e. The van der Waals surface area contributed by atoms with Gasteiger partial charge in [-0.3, -0.25) is 4.90 Å². The van der Waals surface area contributed by atoms with Crippen LogP contribution in [0.1, 0.15) is 12.0 Å². The lowest BCUT2D eigenvalue weighted by molar-refractivity contribution is 0.244. The summed E-state index contributed by atoms with van der Waals surface area (Å²) in [7, 11) is 0. The van der Waals surface area contributed by atoms with Crippen LogP contribution in [0.15, 0.2) is 65.9 Å². The van der Waals surface area contributed by atoms with E-state index in [1.165, 1.54) is 5.56 Å². The molecule has 4 nitrogen and oxygen atoms in total. The molecule has 126 valence electrons. The zero-order chi connectivity index (χ0) is 16.8. The summed E-state index contributed by atoms with van der Waals surface area (Å²) in [5.74, 6) is 0. The van der Waals surface area contributed by atoms with Crippen LogP contribution in [-0.2, 0) is 6.54 Å². The van der Waals surface area contributed by atoms with E-state index in [-0.39, 0.29) is 6.61 Å². The van der Waals surface area contributed by atoms with Crippen molar-refractivity contribution in [3.8, 4) is 0 Å². The molecule has 1 aliphatic rings. The quantitative estimate of drug-likeness (QED) is 0.703. The van der Waals surface area contributed by atoms with Gasteiger partial charge in [0, 0.05) is 36.8 Å². The van der Waals surface area contributed by atoms with Crippen molar-refractivity contribution >= 4 is 17.3 Å². The van der Waals surface area contributed by atoms with Crippen LogP contribution in [0, 0.1) is 0 Å². The van der Waals surface area contributed by atoms with E-state index in [9.17, 15) is 5.11 Å². The molecule has 0 saturated heterocycles. The highest BCUT2D eigenvalue weighted by Crippen LogP contribution is 2.19. The normalized spacial score (nSPS) is 15.4. The molecular weight excluding hydrogens is 322 g/mol. The lowest BCUT2D eigenvalue weighted by atomic mass is 10.1. The Labute approximate surface area is 147 Å². The van der Waals surface area contributed by atoms with Crippen LogP contribution in [-0.4, -0.2) is 29.7 Å². The molecule has 0 amide bonds. The summed E-state index contributed by atoms with van der Waals surface area (Å²) in [5.41, 5.74) is 10.8. The van der Waals surface area contributed by atoms with Gasteiger partial charge in [0.05, 0.1) is 12.3 Å². The second kappa shape index (κ2) is 8.20. The van der Waals surface area contributed by atoms with Gasteiger partial charge in [0.15, 0.2) is 0 Å². The molecule has 0 saturated carbocycles. The van der Waals surface area contributed by atoms with Crippen molar-refractivity contribution in [3.05, 3.63) is 76.5 Å². The van der Waals surface area contributed by atoms with Crippen molar-refractivity contribution in [1.29, 1.82) is 0 Å². The fraction of sp³-hybridized carbons (Fsp3) is 0.263. The summed E-state index contributed by atoms with van der Waals surface area (Å²) in [6.07, 6.45) is 0.878. The summed E-state index contributed by atoms with van der Waals surface area (Å²) in [5, 5.41) is 10.5. The molecule has 3 N–H and O–H groups in total. The predicted molar refractivity (Wildman–Crippen MR) is 98.7 cm³/mol. The molecule has 0 spiro atoms. The minimum absolute atomic E-state index is 0.0654. The number of halogens is 1. The van der Waals surface area contributed by atoms with Crippen molar-refractivity contribution in [2.24, 2.45) is 0 Å². The number of hydrogen-bond acceptors (Lipinski definition) is 4. The van der Waals surface area contributed by atoms with Crippen LogP contribution in [0.3, 0.4) is 0 Å². The fourth-order valence-corrected chi connectivity index (χ4v) is 2.97. The Hall–Kier alpha value is -2.01. The van der Waals surface area contributed by atoms with Crippen molar-refractivity contribution in [2.45, 2.75) is 13.0 Å². The Morgan fingerprint density at radius 3 is 2.46 bits per heavy atom. The molecule has 0 radical (unpaired) electrons. The third-order valence-corrected chi connectivity index (χ3v) is 4.41. The monoisotopic (exact) mass is 343 g/mol. The van der Waals surface area contributed by atoms with Crippen molar-refractivity contribution in [1.82, 2.24) is 10.3 Å². The number of benzene rings is 2. The van der Waals surface area contributed by atoms with Crippen molar-refractivity contribution < 1.29 is 5.11 Å². The first kappa shape index (κ1) is 16.8. The minimum Gasteiger partial charge on any atom is -0.392 e. The van der Waals surface area contributed by atoms with Crippen LogP contribution in [0.5, 0.6) is 0 Å². The van der Waals surface area contributed by atoms with E-state index in [0.29, 0.717) is 0 Å². The number of para-hydroxylation sites is 1. The van der Waals surface area contributed by atoms with Crippen molar-refractivity contribution in [2.75, 3.05) is 25.1 Å². The van der Waals surface area contributed by atoms with Gasteiger partial charge < -0.3 is 16.0 Å². The molecule has 5 heteroatoms. The smallest absolute Gasteiger partial charge is 0.0674 e. The van der Waals surface area contributed by atoms with Gasteiger partial charge in [-0.05, 0) is 35.4 Å². The van der Waals surface area contributed by atoms with E-state index < -0.39 is 0 Å². The van der Waals surface area contributed by atoms with Crippen LogP contribution in [0.25, 0.3) is 0 Å². The molecule has 0 aliphatic carbocycles. The molecule has 0 bridgehead atoms. The largest absolute Gasteiger partial charge is 0.392 e. The van der Waals surface area contributed by atoms with Gasteiger partial charge in [0.1, 0.15) is 0 Å². The molecule has 0 unspecified atom stereocenters. The summed E-state index contributed by atoms with van der Waals surface area (Å²) < 4.78 is 0.